The third-order valence-corrected chi connectivity index (χ3v) is 5.73. The molecule has 0 bridgehead atoms. The number of hydrogen-bond donors (Lipinski definition) is 2. The van der Waals surface area contributed by atoms with Crippen LogP contribution in [0.1, 0.15) is 18.7 Å². The summed E-state index contributed by atoms with van der Waals surface area (Å²) < 4.78 is 28.8. The number of sulfonamides is 1. The largest absolute Gasteiger partial charge is 0.310 e. The first-order valence-electron chi connectivity index (χ1n) is 6.63. The van der Waals surface area contributed by atoms with Crippen molar-refractivity contribution in [1.29, 1.82) is 0 Å². The van der Waals surface area contributed by atoms with E-state index >= 15 is 0 Å². The summed E-state index contributed by atoms with van der Waals surface area (Å²) in [6.45, 7) is 5.51. The van der Waals surface area contributed by atoms with Crippen LogP contribution in [0.25, 0.3) is 0 Å². The minimum absolute atomic E-state index is 0.281. The first-order chi connectivity index (χ1) is 9.97. The van der Waals surface area contributed by atoms with Gasteiger partial charge in [-0.15, -0.1) is 16.4 Å². The van der Waals surface area contributed by atoms with E-state index in [1.54, 1.807) is 23.1 Å². The molecular weight excluding hydrogens is 310 g/mol. The van der Waals surface area contributed by atoms with Crippen LogP contribution in [-0.2, 0) is 23.1 Å². The third-order valence-electron chi connectivity index (χ3n) is 2.69. The molecule has 21 heavy (non-hydrogen) atoms. The topological polar surface area (TPSA) is 88.9 Å². The molecule has 0 unspecified atom stereocenters. The second-order valence-electron chi connectivity index (χ2n) is 4.82. The summed E-state index contributed by atoms with van der Waals surface area (Å²) in [5.74, 6) is 0. The molecule has 2 aromatic heterocycles. The Hall–Kier alpha value is -1.29. The van der Waals surface area contributed by atoms with Gasteiger partial charge in [0.05, 0.1) is 12.7 Å². The molecule has 7 nitrogen and oxygen atoms in total. The van der Waals surface area contributed by atoms with Gasteiger partial charge in [0.1, 0.15) is 4.21 Å². The molecule has 2 rings (SSSR count). The number of hydrogen-bond acceptors (Lipinski definition) is 6. The maximum absolute atomic E-state index is 12.1. The van der Waals surface area contributed by atoms with Gasteiger partial charge in [0, 0.05) is 30.2 Å². The molecular formula is C12H19N5O2S2. The fourth-order valence-electron chi connectivity index (χ4n) is 1.62. The molecule has 0 spiro atoms. The lowest BCUT2D eigenvalue weighted by Crippen LogP contribution is -2.27. The van der Waals surface area contributed by atoms with Crippen LogP contribution in [0.2, 0.25) is 0 Å². The van der Waals surface area contributed by atoms with Crippen molar-refractivity contribution in [2.75, 3.05) is 6.54 Å². The van der Waals surface area contributed by atoms with Gasteiger partial charge in [-0.25, -0.2) is 13.1 Å². The predicted molar refractivity (Wildman–Crippen MR) is 81.5 cm³/mol. The lowest BCUT2D eigenvalue weighted by molar-refractivity contribution is 0.554. The molecule has 0 aliphatic heterocycles. The van der Waals surface area contributed by atoms with Crippen LogP contribution in [0.4, 0.5) is 0 Å². The number of nitrogens with one attached hydrogen (secondary N) is 2. The molecule has 116 valence electrons. The van der Waals surface area contributed by atoms with Gasteiger partial charge < -0.3 is 5.32 Å². The van der Waals surface area contributed by atoms with Crippen molar-refractivity contribution in [2.24, 2.45) is 0 Å². The van der Waals surface area contributed by atoms with Crippen LogP contribution in [0, 0.1) is 0 Å². The summed E-state index contributed by atoms with van der Waals surface area (Å²) in [5, 5.41) is 10.7. The van der Waals surface area contributed by atoms with Gasteiger partial charge >= 0.3 is 0 Å². The average molecular weight is 329 g/mol. The molecule has 0 atom stereocenters. The Morgan fingerprint density at radius 2 is 2.19 bits per heavy atom. The molecule has 0 fully saturated rings. The molecule has 0 amide bonds. The number of nitrogens with zero attached hydrogens (tertiary/aromatic N) is 3. The van der Waals surface area contributed by atoms with Gasteiger partial charge in [-0.1, -0.05) is 19.1 Å². The molecule has 0 saturated heterocycles. The van der Waals surface area contributed by atoms with Crippen LogP contribution < -0.4 is 10.0 Å². The van der Waals surface area contributed by atoms with Gasteiger partial charge in [-0.3, -0.25) is 4.68 Å². The maximum atomic E-state index is 12.1. The first-order valence-corrected chi connectivity index (χ1v) is 8.93. The number of thiophene rings is 1. The van der Waals surface area contributed by atoms with Crippen LogP contribution in [0.5, 0.6) is 0 Å². The van der Waals surface area contributed by atoms with Crippen molar-refractivity contribution >= 4 is 21.4 Å². The zero-order valence-electron chi connectivity index (χ0n) is 12.0. The summed E-state index contributed by atoms with van der Waals surface area (Å²) in [6, 6.07) is 3.85. The Labute approximate surface area is 128 Å². The summed E-state index contributed by atoms with van der Waals surface area (Å²) in [5.41, 5.74) is 0. The van der Waals surface area contributed by atoms with Gasteiger partial charge in [-0.2, -0.15) is 0 Å². The van der Waals surface area contributed by atoms with Crippen LogP contribution in [-0.4, -0.2) is 36.0 Å². The van der Waals surface area contributed by atoms with Crippen LogP contribution >= 0.6 is 11.3 Å². The average Bonchev–Trinajstić information content (AvgIpc) is 3.07. The van der Waals surface area contributed by atoms with Crippen molar-refractivity contribution in [3.05, 3.63) is 29.4 Å². The second kappa shape index (κ2) is 7.12. The zero-order valence-corrected chi connectivity index (χ0v) is 13.6. The van der Waals surface area contributed by atoms with E-state index in [0.717, 1.165) is 4.88 Å². The fourth-order valence-corrected chi connectivity index (χ4v) is 3.99. The normalized spacial score (nSPS) is 12.1. The number of rotatable bonds is 8. The van der Waals surface area contributed by atoms with Crippen molar-refractivity contribution in [3.8, 4) is 0 Å². The summed E-state index contributed by atoms with van der Waals surface area (Å²) >= 11 is 1.28. The Kier molecular flexibility index (Phi) is 5.45. The molecule has 0 aliphatic carbocycles. The minimum Gasteiger partial charge on any atom is -0.310 e. The Morgan fingerprint density at radius 3 is 2.86 bits per heavy atom. The Bertz CT molecular complexity index is 649. The second-order valence-corrected chi connectivity index (χ2v) is 7.98. The van der Waals surface area contributed by atoms with E-state index < -0.39 is 10.0 Å². The highest BCUT2D eigenvalue weighted by Gasteiger charge is 2.16. The highest BCUT2D eigenvalue weighted by molar-refractivity contribution is 7.91. The van der Waals surface area contributed by atoms with Crippen LogP contribution in [0.3, 0.4) is 0 Å². The van der Waals surface area contributed by atoms with E-state index in [4.69, 9.17) is 0 Å². The standard InChI is InChI=1S/C12H19N5O2S2/c1-10(2)13-9-11-3-4-12(20-11)21(18,19)15-6-8-17-7-5-14-16-17/h3-5,7,10,13,15H,6,8-9H2,1-2H3. The number of aromatic nitrogens is 3. The Morgan fingerprint density at radius 1 is 1.38 bits per heavy atom. The molecule has 0 aliphatic rings. The van der Waals surface area contributed by atoms with Crippen molar-refractivity contribution in [2.45, 2.75) is 37.2 Å². The third kappa shape index (κ3) is 4.88. The van der Waals surface area contributed by atoms with Gasteiger partial charge in [-0.05, 0) is 12.1 Å². The SMILES string of the molecule is CC(C)NCc1ccc(S(=O)(=O)NCCn2ccnn2)s1. The van der Waals surface area contributed by atoms with E-state index in [0.29, 0.717) is 23.3 Å². The molecule has 2 N–H and O–H groups in total. The predicted octanol–water partition coefficient (Wildman–Crippen LogP) is 0.816. The maximum Gasteiger partial charge on any atom is 0.250 e. The quantitative estimate of drug-likeness (QED) is 0.748. The fraction of sp³-hybridized carbons (Fsp3) is 0.500. The van der Waals surface area contributed by atoms with E-state index in [9.17, 15) is 8.42 Å². The van der Waals surface area contributed by atoms with Crippen molar-refractivity contribution in [1.82, 2.24) is 25.0 Å². The molecule has 9 heteroatoms. The lowest BCUT2D eigenvalue weighted by Gasteiger charge is -2.06. The first kappa shape index (κ1) is 16.1. The highest BCUT2D eigenvalue weighted by atomic mass is 32.2. The summed E-state index contributed by atoms with van der Waals surface area (Å²) in [6.07, 6.45) is 3.25. The molecule has 0 radical (unpaired) electrons. The lowest BCUT2D eigenvalue weighted by atomic mass is 10.4. The van der Waals surface area contributed by atoms with Gasteiger partial charge in [0.25, 0.3) is 0 Å². The molecule has 0 aromatic carbocycles. The monoisotopic (exact) mass is 329 g/mol. The smallest absolute Gasteiger partial charge is 0.250 e. The summed E-state index contributed by atoms with van der Waals surface area (Å²) in [4.78, 5) is 1.00. The van der Waals surface area contributed by atoms with Gasteiger partial charge in [0.15, 0.2) is 0 Å². The van der Waals surface area contributed by atoms with E-state index in [1.807, 2.05) is 6.07 Å². The molecule has 2 aromatic rings. The summed E-state index contributed by atoms with van der Waals surface area (Å²) in [7, 11) is -3.45. The van der Waals surface area contributed by atoms with E-state index in [-0.39, 0.29) is 6.54 Å². The minimum atomic E-state index is -3.45. The van der Waals surface area contributed by atoms with E-state index in [2.05, 4.69) is 34.2 Å². The van der Waals surface area contributed by atoms with Crippen molar-refractivity contribution in [3.63, 3.8) is 0 Å². The molecule has 0 saturated carbocycles. The molecule has 2 heterocycles. The Balaban J connectivity index is 1.89. The van der Waals surface area contributed by atoms with Crippen LogP contribution in [0.15, 0.2) is 28.7 Å². The van der Waals surface area contributed by atoms with Gasteiger partial charge in [0.2, 0.25) is 10.0 Å². The van der Waals surface area contributed by atoms with Crippen molar-refractivity contribution < 1.29 is 8.42 Å². The van der Waals surface area contributed by atoms with E-state index in [1.165, 1.54) is 11.3 Å². The zero-order chi connectivity index (χ0) is 15.3. The highest BCUT2D eigenvalue weighted by Crippen LogP contribution is 2.21.